The molecule has 1 saturated carbocycles. The largest absolute Gasteiger partial charge is 0.494 e. The highest BCUT2D eigenvalue weighted by molar-refractivity contribution is 5.29. The molecule has 1 aromatic carbocycles. The van der Waals surface area contributed by atoms with E-state index in [4.69, 9.17) is 4.74 Å². The molecular weight excluding hydrogens is 243 g/mol. The summed E-state index contributed by atoms with van der Waals surface area (Å²) in [5.74, 6) is 0.0313. The van der Waals surface area contributed by atoms with E-state index in [1.807, 2.05) is 6.07 Å². The zero-order chi connectivity index (χ0) is 13.7. The van der Waals surface area contributed by atoms with Crippen LogP contribution in [0.1, 0.15) is 18.4 Å². The summed E-state index contributed by atoms with van der Waals surface area (Å²) in [6.07, 6.45) is 3.52. The second-order valence-corrected chi connectivity index (χ2v) is 5.25. The van der Waals surface area contributed by atoms with Gasteiger partial charge in [0.2, 0.25) is 0 Å². The van der Waals surface area contributed by atoms with Crippen LogP contribution in [-0.2, 0) is 6.42 Å². The Labute approximate surface area is 114 Å². The van der Waals surface area contributed by atoms with Gasteiger partial charge in [-0.1, -0.05) is 6.07 Å². The first-order chi connectivity index (χ1) is 9.19. The molecule has 0 heterocycles. The molecular formula is C15H23FN2O. The van der Waals surface area contributed by atoms with Crippen LogP contribution in [0.5, 0.6) is 5.75 Å². The Bertz CT molecular complexity index is 407. The minimum absolute atomic E-state index is 0.280. The van der Waals surface area contributed by atoms with E-state index in [9.17, 15) is 4.39 Å². The molecule has 19 heavy (non-hydrogen) atoms. The zero-order valence-corrected chi connectivity index (χ0v) is 11.8. The molecule has 4 heteroatoms. The summed E-state index contributed by atoms with van der Waals surface area (Å²) in [6.45, 7) is 3.02. The fourth-order valence-corrected chi connectivity index (χ4v) is 2.04. The van der Waals surface area contributed by atoms with Crippen LogP contribution >= 0.6 is 0 Å². The molecule has 1 aliphatic rings. The minimum Gasteiger partial charge on any atom is -0.494 e. The highest BCUT2D eigenvalue weighted by atomic mass is 19.1. The maximum Gasteiger partial charge on any atom is 0.165 e. The quantitative estimate of drug-likeness (QED) is 0.779. The Balaban J connectivity index is 1.69. The van der Waals surface area contributed by atoms with Crippen molar-refractivity contribution in [3.8, 4) is 5.75 Å². The lowest BCUT2D eigenvalue weighted by molar-refractivity contribution is 0.334. The summed E-state index contributed by atoms with van der Waals surface area (Å²) < 4.78 is 18.4. The maximum absolute atomic E-state index is 13.5. The molecule has 106 valence electrons. The molecule has 3 nitrogen and oxygen atoms in total. The summed E-state index contributed by atoms with van der Waals surface area (Å²) in [5, 5.41) is 3.49. The molecule has 1 aromatic rings. The smallest absolute Gasteiger partial charge is 0.165 e. The summed E-state index contributed by atoms with van der Waals surface area (Å²) >= 11 is 0. The lowest BCUT2D eigenvalue weighted by Gasteiger charge is -2.17. The Morgan fingerprint density at radius 2 is 2.16 bits per heavy atom. The highest BCUT2D eigenvalue weighted by Crippen LogP contribution is 2.18. The van der Waals surface area contributed by atoms with Crippen molar-refractivity contribution in [3.05, 3.63) is 29.6 Å². The standard InChI is InChI=1S/C15H23FN2O/c1-18(10-8-17-13-4-5-13)9-7-12-3-6-15(19-2)14(16)11-12/h3,6,11,13,17H,4-5,7-10H2,1-2H3. The first-order valence-corrected chi connectivity index (χ1v) is 6.93. The molecule has 0 amide bonds. The molecule has 2 rings (SSSR count). The fourth-order valence-electron chi connectivity index (χ4n) is 2.04. The molecule has 0 unspecified atom stereocenters. The number of ether oxygens (including phenoxy) is 1. The van der Waals surface area contributed by atoms with Gasteiger partial charge in [0.1, 0.15) is 0 Å². The maximum atomic E-state index is 13.5. The van der Waals surface area contributed by atoms with Crippen molar-refractivity contribution < 1.29 is 9.13 Å². The van der Waals surface area contributed by atoms with Gasteiger partial charge >= 0.3 is 0 Å². The van der Waals surface area contributed by atoms with E-state index in [2.05, 4.69) is 17.3 Å². The Kier molecular flexibility index (Phi) is 5.16. The molecule has 0 atom stereocenters. The van der Waals surface area contributed by atoms with Gasteiger partial charge < -0.3 is 15.0 Å². The van der Waals surface area contributed by atoms with Gasteiger partial charge in [0.05, 0.1) is 7.11 Å². The van der Waals surface area contributed by atoms with Crippen LogP contribution in [0.2, 0.25) is 0 Å². The van der Waals surface area contributed by atoms with Gasteiger partial charge in [0.15, 0.2) is 11.6 Å². The number of nitrogens with zero attached hydrogens (tertiary/aromatic N) is 1. The number of methoxy groups -OCH3 is 1. The number of rotatable bonds is 8. The van der Waals surface area contributed by atoms with Crippen molar-refractivity contribution in [1.29, 1.82) is 0 Å². The zero-order valence-electron chi connectivity index (χ0n) is 11.8. The predicted octanol–water partition coefficient (Wildman–Crippen LogP) is 2.06. The van der Waals surface area contributed by atoms with Crippen LogP contribution in [0.4, 0.5) is 4.39 Å². The Morgan fingerprint density at radius 3 is 2.79 bits per heavy atom. The van der Waals surface area contributed by atoms with Gasteiger partial charge in [-0.15, -0.1) is 0 Å². The molecule has 0 spiro atoms. The van der Waals surface area contributed by atoms with Gasteiger partial charge in [-0.2, -0.15) is 0 Å². The molecule has 0 bridgehead atoms. The average molecular weight is 266 g/mol. The predicted molar refractivity (Wildman–Crippen MR) is 75.2 cm³/mol. The Morgan fingerprint density at radius 1 is 1.37 bits per heavy atom. The second-order valence-electron chi connectivity index (χ2n) is 5.25. The summed E-state index contributed by atoms with van der Waals surface area (Å²) in [7, 11) is 3.59. The molecule has 1 fully saturated rings. The van der Waals surface area contributed by atoms with Crippen molar-refractivity contribution in [1.82, 2.24) is 10.2 Å². The second kappa shape index (κ2) is 6.87. The number of halogens is 1. The first kappa shape index (κ1) is 14.3. The SMILES string of the molecule is COc1ccc(CCN(C)CCNC2CC2)cc1F. The molecule has 1 N–H and O–H groups in total. The van der Waals surface area contributed by atoms with Crippen molar-refractivity contribution in [3.63, 3.8) is 0 Å². The van der Waals surface area contributed by atoms with Gasteiger partial charge in [0, 0.05) is 25.7 Å². The van der Waals surface area contributed by atoms with Crippen molar-refractivity contribution in [2.24, 2.45) is 0 Å². The average Bonchev–Trinajstić information content (AvgIpc) is 3.20. The number of hydrogen-bond donors (Lipinski definition) is 1. The number of benzene rings is 1. The van der Waals surface area contributed by atoms with Crippen molar-refractivity contribution in [2.45, 2.75) is 25.3 Å². The lowest BCUT2D eigenvalue weighted by atomic mass is 10.1. The lowest BCUT2D eigenvalue weighted by Crippen LogP contribution is -2.31. The summed E-state index contributed by atoms with van der Waals surface area (Å²) in [6, 6.07) is 5.95. The monoisotopic (exact) mass is 266 g/mol. The molecule has 0 radical (unpaired) electrons. The van der Waals surface area contributed by atoms with Crippen LogP contribution in [0.3, 0.4) is 0 Å². The third kappa shape index (κ3) is 4.80. The summed E-state index contributed by atoms with van der Waals surface area (Å²) in [4.78, 5) is 2.28. The first-order valence-electron chi connectivity index (χ1n) is 6.93. The number of likely N-dealkylation sites (N-methyl/N-ethyl adjacent to an activating group) is 1. The normalized spacial score (nSPS) is 14.9. The van der Waals surface area contributed by atoms with E-state index >= 15 is 0 Å². The Hall–Kier alpha value is -1.13. The number of nitrogens with one attached hydrogen (secondary N) is 1. The van der Waals surface area contributed by atoms with E-state index in [1.165, 1.54) is 20.0 Å². The highest BCUT2D eigenvalue weighted by Gasteiger charge is 2.19. The third-order valence-corrected chi connectivity index (χ3v) is 3.50. The van der Waals surface area contributed by atoms with E-state index in [-0.39, 0.29) is 5.82 Å². The van der Waals surface area contributed by atoms with Crippen LogP contribution in [0.15, 0.2) is 18.2 Å². The number of hydrogen-bond acceptors (Lipinski definition) is 3. The molecule has 0 saturated heterocycles. The fraction of sp³-hybridized carbons (Fsp3) is 0.600. The van der Waals surface area contributed by atoms with Gasteiger partial charge in [-0.05, 0) is 44.0 Å². The van der Waals surface area contributed by atoms with Crippen LogP contribution in [0, 0.1) is 5.82 Å². The van der Waals surface area contributed by atoms with Crippen LogP contribution in [0.25, 0.3) is 0 Å². The van der Waals surface area contributed by atoms with Gasteiger partial charge in [-0.3, -0.25) is 0 Å². The van der Waals surface area contributed by atoms with E-state index in [0.717, 1.165) is 37.7 Å². The van der Waals surface area contributed by atoms with Gasteiger partial charge in [0.25, 0.3) is 0 Å². The third-order valence-electron chi connectivity index (χ3n) is 3.50. The van der Waals surface area contributed by atoms with Crippen LogP contribution < -0.4 is 10.1 Å². The van der Waals surface area contributed by atoms with E-state index < -0.39 is 0 Å². The molecule has 0 aromatic heterocycles. The molecule has 0 aliphatic heterocycles. The van der Waals surface area contributed by atoms with Crippen LogP contribution in [-0.4, -0.2) is 44.7 Å². The topological polar surface area (TPSA) is 24.5 Å². The van der Waals surface area contributed by atoms with Crippen molar-refractivity contribution >= 4 is 0 Å². The van der Waals surface area contributed by atoms with E-state index in [0.29, 0.717) is 5.75 Å². The van der Waals surface area contributed by atoms with Crippen molar-refractivity contribution in [2.75, 3.05) is 33.8 Å². The summed E-state index contributed by atoms with van der Waals surface area (Å²) in [5.41, 5.74) is 1.01. The van der Waals surface area contributed by atoms with E-state index in [1.54, 1.807) is 12.1 Å². The van der Waals surface area contributed by atoms with Gasteiger partial charge in [-0.25, -0.2) is 4.39 Å². The minimum atomic E-state index is -0.280. The molecule has 1 aliphatic carbocycles.